The van der Waals surface area contributed by atoms with Gasteiger partial charge in [0.15, 0.2) is 0 Å². The van der Waals surface area contributed by atoms with Gasteiger partial charge < -0.3 is 10.6 Å². The van der Waals surface area contributed by atoms with Crippen LogP contribution in [0, 0.1) is 13.8 Å². The highest BCUT2D eigenvalue weighted by Gasteiger charge is 2.28. The Labute approximate surface area is 193 Å². The number of halogens is 2. The van der Waals surface area contributed by atoms with Gasteiger partial charge >= 0.3 is 0 Å². The Morgan fingerprint density at radius 3 is 2.52 bits per heavy atom. The van der Waals surface area contributed by atoms with Crippen molar-refractivity contribution in [2.24, 2.45) is 5.73 Å². The normalized spacial score (nSPS) is 16.0. The summed E-state index contributed by atoms with van der Waals surface area (Å²) in [5, 5.41) is 5.38. The lowest BCUT2D eigenvalue weighted by molar-refractivity contribution is 0.0789. The van der Waals surface area contributed by atoms with Crippen molar-refractivity contribution in [2.75, 3.05) is 13.1 Å². The van der Waals surface area contributed by atoms with Crippen molar-refractivity contribution < 1.29 is 4.79 Å². The first-order chi connectivity index (χ1) is 14.4. The van der Waals surface area contributed by atoms with E-state index in [4.69, 9.17) is 17.3 Å². The molecule has 2 heterocycles. The maximum Gasteiger partial charge on any atom is 0.257 e. The number of likely N-dealkylation sites (tertiary alicyclic amines) is 1. The molecule has 162 valence electrons. The van der Waals surface area contributed by atoms with Crippen LogP contribution in [0.15, 0.2) is 48.5 Å². The molecule has 1 amide bonds. The van der Waals surface area contributed by atoms with Crippen molar-refractivity contribution >= 4 is 42.1 Å². The topological polar surface area (TPSA) is 64.2 Å². The maximum absolute atomic E-state index is 13.0. The van der Waals surface area contributed by atoms with Gasteiger partial charge in [-0.05, 0) is 55.7 Å². The summed E-state index contributed by atoms with van der Waals surface area (Å²) in [6, 6.07) is 15.9. The molecular formula is C24H26Cl2N4O. The highest BCUT2D eigenvalue weighted by molar-refractivity contribution is 6.30. The average Bonchev–Trinajstić information content (AvgIpc) is 3.30. The highest BCUT2D eigenvalue weighted by Crippen LogP contribution is 2.23. The van der Waals surface area contributed by atoms with Crippen molar-refractivity contribution in [3.05, 3.63) is 81.6 Å². The van der Waals surface area contributed by atoms with Gasteiger partial charge in [-0.2, -0.15) is 5.10 Å². The van der Waals surface area contributed by atoms with Crippen LogP contribution in [-0.2, 0) is 0 Å². The smallest absolute Gasteiger partial charge is 0.257 e. The van der Waals surface area contributed by atoms with Crippen LogP contribution in [0.4, 0.5) is 0 Å². The molecule has 0 bridgehead atoms. The third kappa shape index (κ3) is 5.01. The van der Waals surface area contributed by atoms with Gasteiger partial charge in [0, 0.05) is 24.2 Å². The number of carbonyl (C=O) groups excluding carboxylic acids is 1. The molecule has 0 saturated carbocycles. The molecule has 1 aliphatic rings. The molecule has 0 aliphatic carbocycles. The van der Waals surface area contributed by atoms with E-state index >= 15 is 0 Å². The van der Waals surface area contributed by atoms with Crippen LogP contribution >= 0.6 is 24.0 Å². The Hall–Kier alpha value is -2.60. The summed E-state index contributed by atoms with van der Waals surface area (Å²) >= 11 is 5.95. The number of hydrogen-bond acceptors (Lipinski definition) is 3. The van der Waals surface area contributed by atoms with Gasteiger partial charge in [-0.15, -0.1) is 12.4 Å². The number of aryl methyl sites for hydroxylation is 1. The Morgan fingerprint density at radius 1 is 1.13 bits per heavy atom. The van der Waals surface area contributed by atoms with Gasteiger partial charge in [-0.1, -0.05) is 48.0 Å². The number of nitrogens with zero attached hydrogens (tertiary/aromatic N) is 3. The highest BCUT2D eigenvalue weighted by atomic mass is 35.5. The molecular weight excluding hydrogens is 431 g/mol. The second-order valence-electron chi connectivity index (χ2n) is 7.74. The van der Waals surface area contributed by atoms with Crippen LogP contribution in [-0.4, -0.2) is 39.7 Å². The minimum atomic E-state index is 0. The van der Waals surface area contributed by atoms with Gasteiger partial charge in [0.1, 0.15) is 0 Å². The van der Waals surface area contributed by atoms with Crippen LogP contribution in [0.2, 0.25) is 5.02 Å². The second kappa shape index (κ2) is 9.69. The molecule has 1 unspecified atom stereocenters. The molecule has 1 fully saturated rings. The molecule has 1 aliphatic heterocycles. The zero-order valence-electron chi connectivity index (χ0n) is 17.6. The number of carbonyl (C=O) groups is 1. The lowest BCUT2D eigenvalue weighted by atomic mass is 10.1. The number of rotatable bonds is 4. The van der Waals surface area contributed by atoms with E-state index < -0.39 is 0 Å². The van der Waals surface area contributed by atoms with E-state index in [-0.39, 0.29) is 24.4 Å². The minimum Gasteiger partial charge on any atom is -0.337 e. The van der Waals surface area contributed by atoms with Crippen molar-refractivity contribution in [1.29, 1.82) is 0 Å². The third-order valence-corrected chi connectivity index (χ3v) is 5.72. The van der Waals surface area contributed by atoms with Crippen LogP contribution in [0.1, 0.15) is 39.3 Å². The lowest BCUT2D eigenvalue weighted by Crippen LogP contribution is -2.32. The van der Waals surface area contributed by atoms with Gasteiger partial charge in [0.2, 0.25) is 0 Å². The Balaban J connectivity index is 0.00000272. The summed E-state index contributed by atoms with van der Waals surface area (Å²) in [6.45, 7) is 5.14. The number of hydrogen-bond donors (Lipinski definition) is 1. The van der Waals surface area contributed by atoms with Crippen molar-refractivity contribution in [2.45, 2.75) is 26.3 Å². The Kier molecular flexibility index (Phi) is 7.21. The fraction of sp³-hybridized carbons (Fsp3) is 0.250. The van der Waals surface area contributed by atoms with E-state index in [1.54, 1.807) is 0 Å². The first-order valence-corrected chi connectivity index (χ1v) is 10.5. The summed E-state index contributed by atoms with van der Waals surface area (Å²) in [5.74, 6) is 0.0167. The number of aromatic nitrogens is 2. The maximum atomic E-state index is 13.0. The van der Waals surface area contributed by atoms with Crippen molar-refractivity contribution in [1.82, 2.24) is 14.7 Å². The third-order valence-electron chi connectivity index (χ3n) is 5.47. The summed E-state index contributed by atoms with van der Waals surface area (Å²) < 4.78 is 1.85. The quantitative estimate of drug-likeness (QED) is 0.567. The van der Waals surface area contributed by atoms with Crippen molar-refractivity contribution in [3.8, 4) is 5.69 Å². The number of amides is 1. The summed E-state index contributed by atoms with van der Waals surface area (Å²) in [6.07, 6.45) is 4.94. The van der Waals surface area contributed by atoms with E-state index in [0.717, 1.165) is 39.6 Å². The summed E-state index contributed by atoms with van der Waals surface area (Å²) in [7, 11) is 0. The van der Waals surface area contributed by atoms with Gasteiger partial charge in [0.25, 0.3) is 5.91 Å². The SMILES string of the molecule is Cc1nn(-c2cccc(/C=C/c3ccc(Cl)cc3)c2)c(C)c1C(=O)N1CCC(N)C1.Cl. The molecule has 0 radical (unpaired) electrons. The fourth-order valence-corrected chi connectivity index (χ4v) is 3.99. The van der Waals surface area contributed by atoms with Crippen molar-refractivity contribution in [3.63, 3.8) is 0 Å². The molecule has 1 saturated heterocycles. The predicted molar refractivity (Wildman–Crippen MR) is 129 cm³/mol. The molecule has 7 heteroatoms. The number of benzene rings is 2. The van der Waals surface area contributed by atoms with E-state index in [1.807, 2.05) is 72.0 Å². The first kappa shape index (κ1) is 23.1. The molecule has 1 aromatic heterocycles. The zero-order chi connectivity index (χ0) is 21.3. The van der Waals surface area contributed by atoms with Crippen LogP contribution in [0.5, 0.6) is 0 Å². The Morgan fingerprint density at radius 2 is 1.84 bits per heavy atom. The molecule has 5 nitrogen and oxygen atoms in total. The molecule has 0 spiro atoms. The van der Waals surface area contributed by atoms with Gasteiger partial charge in [0.05, 0.1) is 22.6 Å². The van der Waals surface area contributed by atoms with Crippen LogP contribution in [0.25, 0.3) is 17.8 Å². The van der Waals surface area contributed by atoms with Gasteiger partial charge in [-0.3, -0.25) is 4.79 Å². The minimum absolute atomic E-state index is 0. The fourth-order valence-electron chi connectivity index (χ4n) is 3.86. The summed E-state index contributed by atoms with van der Waals surface area (Å²) in [4.78, 5) is 14.9. The molecule has 2 N–H and O–H groups in total. The van der Waals surface area contributed by atoms with Gasteiger partial charge in [-0.25, -0.2) is 4.68 Å². The lowest BCUT2D eigenvalue weighted by Gasteiger charge is -2.16. The molecule has 4 rings (SSSR count). The largest absolute Gasteiger partial charge is 0.337 e. The van der Waals surface area contributed by atoms with Crippen LogP contribution in [0.3, 0.4) is 0 Å². The molecule has 31 heavy (non-hydrogen) atoms. The van der Waals surface area contributed by atoms with E-state index in [2.05, 4.69) is 17.2 Å². The average molecular weight is 457 g/mol. The van der Waals surface area contributed by atoms with Crippen LogP contribution < -0.4 is 5.73 Å². The standard InChI is InChI=1S/C24H25ClN4O.ClH/c1-16-23(24(30)28-13-12-21(26)15-28)17(2)29(27-16)22-5-3-4-19(14-22)7-6-18-8-10-20(25)11-9-18;/h3-11,14,21H,12-13,15,26H2,1-2H3;1H/b7-6+;. The second-order valence-corrected chi connectivity index (χ2v) is 8.17. The monoisotopic (exact) mass is 456 g/mol. The van der Waals surface area contributed by atoms with E-state index in [0.29, 0.717) is 18.7 Å². The molecule has 2 aromatic carbocycles. The van der Waals surface area contributed by atoms with E-state index in [1.165, 1.54) is 0 Å². The first-order valence-electron chi connectivity index (χ1n) is 10.1. The Bertz CT molecular complexity index is 1110. The summed E-state index contributed by atoms with van der Waals surface area (Å²) in [5.41, 5.74) is 11.3. The molecule has 3 aromatic rings. The van der Waals surface area contributed by atoms with E-state index in [9.17, 15) is 4.79 Å². The zero-order valence-corrected chi connectivity index (χ0v) is 19.2. The predicted octanol–water partition coefficient (Wildman–Crippen LogP) is 4.91. The molecule has 1 atom stereocenters. The number of nitrogens with two attached hydrogens (primary N) is 1.